The van der Waals surface area contributed by atoms with Crippen molar-refractivity contribution in [1.29, 1.82) is 0 Å². The molecule has 1 saturated heterocycles. The van der Waals surface area contributed by atoms with Crippen molar-refractivity contribution < 1.29 is 27.4 Å². The smallest absolute Gasteiger partial charge is 0.251 e. The van der Waals surface area contributed by atoms with Crippen molar-refractivity contribution in [3.63, 3.8) is 0 Å². The fourth-order valence-electron chi connectivity index (χ4n) is 3.18. The Hall–Kier alpha value is -2.62. The molecular formula is C22H28N2O6S. The van der Waals surface area contributed by atoms with Gasteiger partial charge in [0.25, 0.3) is 5.91 Å². The molecule has 1 aliphatic heterocycles. The highest BCUT2D eigenvalue weighted by Gasteiger charge is 2.27. The molecule has 2 aromatic carbocycles. The number of carbonyl (C=O) groups excluding carboxylic acids is 1. The molecule has 0 aliphatic carbocycles. The molecule has 1 atom stereocenters. The first kappa shape index (κ1) is 23.1. The number of nitrogens with one attached hydrogen (secondary N) is 1. The summed E-state index contributed by atoms with van der Waals surface area (Å²) >= 11 is 0. The number of nitrogens with zero attached hydrogens (tertiary/aromatic N) is 1. The molecule has 1 heterocycles. The summed E-state index contributed by atoms with van der Waals surface area (Å²) in [6.45, 7) is 5.20. The summed E-state index contributed by atoms with van der Waals surface area (Å²) < 4.78 is 43.3. The van der Waals surface area contributed by atoms with E-state index in [1.807, 2.05) is 6.92 Å². The third-order valence-electron chi connectivity index (χ3n) is 5.00. The second-order valence-corrected chi connectivity index (χ2v) is 9.29. The van der Waals surface area contributed by atoms with E-state index in [1.54, 1.807) is 44.4 Å². The second-order valence-electron chi connectivity index (χ2n) is 7.35. The van der Waals surface area contributed by atoms with Crippen LogP contribution in [0.5, 0.6) is 11.5 Å². The van der Waals surface area contributed by atoms with Gasteiger partial charge in [-0.25, -0.2) is 8.42 Å². The molecule has 1 aliphatic rings. The highest BCUT2D eigenvalue weighted by atomic mass is 32.2. The Labute approximate surface area is 183 Å². The van der Waals surface area contributed by atoms with Crippen LogP contribution in [-0.2, 0) is 14.8 Å². The Morgan fingerprint density at radius 2 is 1.77 bits per heavy atom. The van der Waals surface area contributed by atoms with Crippen molar-refractivity contribution in [2.45, 2.75) is 24.8 Å². The standard InChI is InChI=1S/C22H28N2O6S/c1-16-4-9-20(31(26,27)24-10-12-29-13-11-24)14-21(16)22(25)23-17(2)15-30-19-7-5-18(28-3)6-8-19/h4-9,14,17H,10-13,15H2,1-3H3,(H,23,25). The van der Waals surface area contributed by atoms with Crippen LogP contribution in [0.4, 0.5) is 0 Å². The Bertz CT molecular complexity index is 1000. The van der Waals surface area contributed by atoms with E-state index in [0.717, 1.165) is 5.75 Å². The van der Waals surface area contributed by atoms with Gasteiger partial charge in [-0.3, -0.25) is 4.79 Å². The van der Waals surface area contributed by atoms with Gasteiger partial charge in [0.2, 0.25) is 10.0 Å². The van der Waals surface area contributed by atoms with Crippen LogP contribution >= 0.6 is 0 Å². The molecule has 1 amide bonds. The van der Waals surface area contributed by atoms with E-state index in [-0.39, 0.29) is 23.5 Å². The number of benzene rings is 2. The Morgan fingerprint density at radius 1 is 1.13 bits per heavy atom. The summed E-state index contributed by atoms with van der Waals surface area (Å²) in [5.74, 6) is 1.05. The van der Waals surface area contributed by atoms with Crippen LogP contribution < -0.4 is 14.8 Å². The number of morpholine rings is 1. The molecule has 0 spiro atoms. The van der Waals surface area contributed by atoms with Crippen LogP contribution in [0, 0.1) is 6.92 Å². The van der Waals surface area contributed by atoms with Gasteiger partial charge in [-0.2, -0.15) is 4.31 Å². The number of amides is 1. The normalized spacial score (nSPS) is 15.8. The lowest BCUT2D eigenvalue weighted by molar-refractivity contribution is 0.0730. The lowest BCUT2D eigenvalue weighted by atomic mass is 10.1. The Morgan fingerprint density at radius 3 is 2.42 bits per heavy atom. The number of rotatable bonds is 8. The number of methoxy groups -OCH3 is 1. The SMILES string of the molecule is COc1ccc(OCC(C)NC(=O)c2cc(S(=O)(=O)N3CCOCC3)ccc2C)cc1. The molecule has 1 unspecified atom stereocenters. The van der Waals surface area contributed by atoms with Crippen molar-refractivity contribution in [1.82, 2.24) is 9.62 Å². The predicted molar refractivity (Wildman–Crippen MR) is 116 cm³/mol. The highest BCUT2D eigenvalue weighted by molar-refractivity contribution is 7.89. The van der Waals surface area contributed by atoms with Crippen LogP contribution in [0.2, 0.25) is 0 Å². The molecule has 2 aromatic rings. The zero-order valence-electron chi connectivity index (χ0n) is 18.0. The van der Waals surface area contributed by atoms with Gasteiger partial charge in [-0.1, -0.05) is 6.07 Å². The summed E-state index contributed by atoms with van der Waals surface area (Å²) in [5, 5.41) is 2.87. The van der Waals surface area contributed by atoms with Crippen LogP contribution in [0.25, 0.3) is 0 Å². The summed E-state index contributed by atoms with van der Waals surface area (Å²) in [4.78, 5) is 12.9. The number of carbonyl (C=O) groups is 1. The fourth-order valence-corrected chi connectivity index (χ4v) is 4.61. The number of hydrogen-bond donors (Lipinski definition) is 1. The zero-order chi connectivity index (χ0) is 22.4. The van der Waals surface area contributed by atoms with Crippen LogP contribution in [0.3, 0.4) is 0 Å². The van der Waals surface area contributed by atoms with E-state index in [1.165, 1.54) is 16.4 Å². The molecule has 1 N–H and O–H groups in total. The van der Waals surface area contributed by atoms with Crippen LogP contribution in [0.1, 0.15) is 22.8 Å². The quantitative estimate of drug-likeness (QED) is 0.666. The van der Waals surface area contributed by atoms with Crippen molar-refractivity contribution in [2.75, 3.05) is 40.0 Å². The van der Waals surface area contributed by atoms with Crippen molar-refractivity contribution in [3.05, 3.63) is 53.6 Å². The molecule has 8 nitrogen and oxygen atoms in total. The first-order valence-electron chi connectivity index (χ1n) is 10.1. The zero-order valence-corrected chi connectivity index (χ0v) is 18.8. The van der Waals surface area contributed by atoms with Crippen LogP contribution in [-0.4, -0.2) is 64.7 Å². The number of hydrogen-bond acceptors (Lipinski definition) is 6. The molecule has 0 saturated carbocycles. The van der Waals surface area contributed by atoms with Gasteiger partial charge in [0.05, 0.1) is 31.3 Å². The first-order valence-corrected chi connectivity index (χ1v) is 11.5. The molecule has 1 fully saturated rings. The van der Waals surface area contributed by atoms with Gasteiger partial charge in [0, 0.05) is 18.7 Å². The maximum Gasteiger partial charge on any atom is 0.251 e. The summed E-state index contributed by atoms with van der Waals surface area (Å²) in [7, 11) is -2.08. The molecule has 31 heavy (non-hydrogen) atoms. The van der Waals surface area contributed by atoms with E-state index in [2.05, 4.69) is 5.32 Å². The van der Waals surface area contributed by atoms with Crippen molar-refractivity contribution in [3.8, 4) is 11.5 Å². The molecular weight excluding hydrogens is 420 g/mol. The molecule has 0 aromatic heterocycles. The lowest BCUT2D eigenvalue weighted by Crippen LogP contribution is -2.41. The summed E-state index contributed by atoms with van der Waals surface area (Å²) in [5.41, 5.74) is 1.02. The maximum absolute atomic E-state index is 12.9. The predicted octanol–water partition coefficient (Wildman–Crippen LogP) is 2.22. The molecule has 9 heteroatoms. The summed E-state index contributed by atoms with van der Waals surface area (Å²) in [6.07, 6.45) is 0. The third kappa shape index (κ3) is 5.75. The molecule has 3 rings (SSSR count). The number of ether oxygens (including phenoxy) is 3. The van der Waals surface area contributed by atoms with Gasteiger partial charge in [0.15, 0.2) is 0 Å². The van der Waals surface area contributed by atoms with E-state index in [0.29, 0.717) is 43.2 Å². The average molecular weight is 449 g/mol. The summed E-state index contributed by atoms with van der Waals surface area (Å²) in [6, 6.07) is 11.5. The minimum absolute atomic E-state index is 0.104. The van der Waals surface area contributed by atoms with Gasteiger partial charge in [-0.15, -0.1) is 0 Å². The highest BCUT2D eigenvalue weighted by Crippen LogP contribution is 2.21. The number of aryl methyl sites for hydroxylation is 1. The molecule has 0 radical (unpaired) electrons. The van der Waals surface area contributed by atoms with Gasteiger partial charge in [0.1, 0.15) is 18.1 Å². The second kappa shape index (κ2) is 10.1. The van der Waals surface area contributed by atoms with Crippen molar-refractivity contribution in [2.24, 2.45) is 0 Å². The Balaban J connectivity index is 1.65. The first-order chi connectivity index (χ1) is 14.8. The van der Waals surface area contributed by atoms with Crippen LogP contribution in [0.15, 0.2) is 47.4 Å². The number of sulfonamides is 1. The van der Waals surface area contributed by atoms with E-state index >= 15 is 0 Å². The fraction of sp³-hybridized carbons (Fsp3) is 0.409. The monoisotopic (exact) mass is 448 g/mol. The van der Waals surface area contributed by atoms with E-state index in [4.69, 9.17) is 14.2 Å². The molecule has 168 valence electrons. The van der Waals surface area contributed by atoms with Crippen molar-refractivity contribution >= 4 is 15.9 Å². The molecule has 0 bridgehead atoms. The van der Waals surface area contributed by atoms with Gasteiger partial charge < -0.3 is 19.5 Å². The minimum Gasteiger partial charge on any atom is -0.497 e. The third-order valence-corrected chi connectivity index (χ3v) is 6.89. The largest absolute Gasteiger partial charge is 0.497 e. The topological polar surface area (TPSA) is 94.2 Å². The van der Waals surface area contributed by atoms with E-state index < -0.39 is 10.0 Å². The maximum atomic E-state index is 12.9. The van der Waals surface area contributed by atoms with Gasteiger partial charge >= 0.3 is 0 Å². The van der Waals surface area contributed by atoms with Gasteiger partial charge in [-0.05, 0) is 55.8 Å². The average Bonchev–Trinajstić information content (AvgIpc) is 2.78. The Kier molecular flexibility index (Phi) is 7.53. The lowest BCUT2D eigenvalue weighted by Gasteiger charge is -2.26. The minimum atomic E-state index is -3.68. The van der Waals surface area contributed by atoms with E-state index in [9.17, 15) is 13.2 Å².